The monoisotopic (exact) mass is 295 g/mol. The van der Waals surface area contributed by atoms with Crippen LogP contribution in [0.3, 0.4) is 0 Å². The van der Waals surface area contributed by atoms with Crippen LogP contribution < -0.4 is 16.4 Å². The molecule has 20 heavy (non-hydrogen) atoms. The second-order valence-electron chi connectivity index (χ2n) is 5.06. The highest BCUT2D eigenvalue weighted by molar-refractivity contribution is 6.31. The molecule has 108 valence electrons. The number of nitrogens with two attached hydrogens (primary N) is 1. The van der Waals surface area contributed by atoms with E-state index in [1.165, 1.54) is 6.07 Å². The molecule has 2 rings (SSSR count). The van der Waals surface area contributed by atoms with E-state index in [1.54, 1.807) is 12.1 Å². The zero-order chi connectivity index (χ0) is 14.7. The van der Waals surface area contributed by atoms with Crippen molar-refractivity contribution in [3.8, 4) is 0 Å². The van der Waals surface area contributed by atoms with E-state index < -0.39 is 5.91 Å². The number of carbonyl (C=O) groups excluding carboxylic acids is 2. The lowest BCUT2D eigenvalue weighted by Crippen LogP contribution is -2.42. The molecule has 1 atom stereocenters. The molecule has 0 heterocycles. The summed E-state index contributed by atoms with van der Waals surface area (Å²) in [6.07, 6.45) is 2.14. The van der Waals surface area contributed by atoms with Gasteiger partial charge in [0.2, 0.25) is 11.8 Å². The minimum absolute atomic E-state index is 0.00243. The van der Waals surface area contributed by atoms with Crippen LogP contribution in [0.1, 0.15) is 35.7 Å². The van der Waals surface area contributed by atoms with Crippen LogP contribution in [0.15, 0.2) is 18.2 Å². The second-order valence-corrected chi connectivity index (χ2v) is 5.46. The van der Waals surface area contributed by atoms with Crippen molar-refractivity contribution in [2.24, 2.45) is 5.73 Å². The predicted molar refractivity (Wildman–Crippen MR) is 77.4 cm³/mol. The first-order valence-electron chi connectivity index (χ1n) is 6.59. The van der Waals surface area contributed by atoms with Gasteiger partial charge in [0.25, 0.3) is 0 Å². The van der Waals surface area contributed by atoms with E-state index in [0.29, 0.717) is 23.2 Å². The second kappa shape index (κ2) is 6.24. The van der Waals surface area contributed by atoms with Gasteiger partial charge in [0, 0.05) is 23.2 Å². The Hall–Kier alpha value is -1.59. The normalized spacial score (nSPS) is 15.7. The topological polar surface area (TPSA) is 84.2 Å². The van der Waals surface area contributed by atoms with E-state index in [2.05, 4.69) is 10.6 Å². The fourth-order valence-corrected chi connectivity index (χ4v) is 2.00. The van der Waals surface area contributed by atoms with Gasteiger partial charge in [-0.1, -0.05) is 17.7 Å². The van der Waals surface area contributed by atoms with Gasteiger partial charge in [0.05, 0.1) is 6.04 Å². The number of benzene rings is 1. The summed E-state index contributed by atoms with van der Waals surface area (Å²) < 4.78 is 0. The van der Waals surface area contributed by atoms with Gasteiger partial charge in [0.15, 0.2) is 0 Å². The van der Waals surface area contributed by atoms with Crippen LogP contribution in [0.2, 0.25) is 5.02 Å². The van der Waals surface area contributed by atoms with Gasteiger partial charge >= 0.3 is 0 Å². The number of rotatable bonds is 6. The summed E-state index contributed by atoms with van der Waals surface area (Å²) in [5, 5.41) is 6.50. The van der Waals surface area contributed by atoms with Crippen molar-refractivity contribution in [3.63, 3.8) is 0 Å². The van der Waals surface area contributed by atoms with Crippen LogP contribution in [-0.2, 0) is 11.3 Å². The number of nitrogens with one attached hydrogen (secondary N) is 2. The van der Waals surface area contributed by atoms with Gasteiger partial charge in [-0.15, -0.1) is 0 Å². The standard InChI is InChI=1S/C14H18ClN3O2/c1-8(14(20)18-11-4-5-11)17-7-10-3-2-9(13(16)19)6-12(10)15/h2-3,6,8,11,17H,4-5,7H2,1H3,(H2,16,19)(H,18,20). The summed E-state index contributed by atoms with van der Waals surface area (Å²) in [6.45, 7) is 2.26. The van der Waals surface area contributed by atoms with Crippen LogP contribution >= 0.6 is 11.6 Å². The lowest BCUT2D eigenvalue weighted by atomic mass is 10.1. The molecule has 1 aromatic rings. The maximum atomic E-state index is 11.8. The zero-order valence-electron chi connectivity index (χ0n) is 11.3. The van der Waals surface area contributed by atoms with Crippen molar-refractivity contribution >= 4 is 23.4 Å². The van der Waals surface area contributed by atoms with Crippen LogP contribution in [0.5, 0.6) is 0 Å². The maximum Gasteiger partial charge on any atom is 0.248 e. The molecule has 0 aromatic heterocycles. The number of hydrogen-bond donors (Lipinski definition) is 3. The van der Waals surface area contributed by atoms with Crippen molar-refractivity contribution in [3.05, 3.63) is 34.3 Å². The van der Waals surface area contributed by atoms with E-state index in [4.69, 9.17) is 17.3 Å². The van der Waals surface area contributed by atoms with E-state index in [9.17, 15) is 9.59 Å². The SMILES string of the molecule is CC(NCc1ccc(C(N)=O)cc1Cl)C(=O)NC1CC1. The largest absolute Gasteiger partial charge is 0.366 e. The predicted octanol–water partition coefficient (Wildman–Crippen LogP) is 1.20. The zero-order valence-corrected chi connectivity index (χ0v) is 12.0. The third-order valence-electron chi connectivity index (χ3n) is 3.25. The smallest absolute Gasteiger partial charge is 0.248 e. The van der Waals surface area contributed by atoms with Crippen molar-refractivity contribution in [2.75, 3.05) is 0 Å². The molecule has 4 N–H and O–H groups in total. The Kier molecular flexibility index (Phi) is 4.62. The van der Waals surface area contributed by atoms with E-state index in [1.807, 2.05) is 6.92 Å². The van der Waals surface area contributed by atoms with Crippen LogP contribution in [0, 0.1) is 0 Å². The Balaban J connectivity index is 1.89. The highest BCUT2D eigenvalue weighted by atomic mass is 35.5. The molecular formula is C14H18ClN3O2. The number of halogens is 1. The van der Waals surface area contributed by atoms with Gasteiger partial charge in [0.1, 0.15) is 0 Å². The van der Waals surface area contributed by atoms with Crippen molar-refractivity contribution in [2.45, 2.75) is 38.4 Å². The maximum absolute atomic E-state index is 11.8. The molecule has 1 aliphatic rings. The average molecular weight is 296 g/mol. The first-order valence-corrected chi connectivity index (χ1v) is 6.97. The minimum atomic E-state index is -0.511. The Morgan fingerprint density at radius 1 is 1.45 bits per heavy atom. The molecule has 0 spiro atoms. The molecule has 0 aliphatic heterocycles. The van der Waals surface area contributed by atoms with Crippen molar-refractivity contribution in [1.29, 1.82) is 0 Å². The van der Waals surface area contributed by atoms with Crippen molar-refractivity contribution < 1.29 is 9.59 Å². The summed E-state index contributed by atoms with van der Waals surface area (Å²) >= 11 is 6.08. The lowest BCUT2D eigenvalue weighted by Gasteiger charge is -2.14. The van der Waals surface area contributed by atoms with Gasteiger partial charge in [-0.3, -0.25) is 9.59 Å². The molecule has 6 heteroatoms. The van der Waals surface area contributed by atoms with Crippen LogP contribution in [-0.4, -0.2) is 23.9 Å². The molecule has 0 saturated heterocycles. The first kappa shape index (κ1) is 14.8. The summed E-state index contributed by atoms with van der Waals surface area (Å²) in [5.41, 5.74) is 6.38. The number of hydrogen-bond acceptors (Lipinski definition) is 3. The Morgan fingerprint density at radius 3 is 2.70 bits per heavy atom. The number of carbonyl (C=O) groups is 2. The number of primary amides is 1. The van der Waals surface area contributed by atoms with Gasteiger partial charge in [-0.2, -0.15) is 0 Å². The molecule has 5 nitrogen and oxygen atoms in total. The van der Waals surface area contributed by atoms with E-state index in [-0.39, 0.29) is 11.9 Å². The molecule has 2 amide bonds. The Morgan fingerprint density at radius 2 is 2.15 bits per heavy atom. The van der Waals surface area contributed by atoms with Gasteiger partial charge in [-0.25, -0.2) is 0 Å². The molecule has 0 radical (unpaired) electrons. The van der Waals surface area contributed by atoms with Gasteiger partial charge in [-0.05, 0) is 37.5 Å². The minimum Gasteiger partial charge on any atom is -0.366 e. The quantitative estimate of drug-likeness (QED) is 0.737. The summed E-state index contributed by atoms with van der Waals surface area (Å²) in [5.74, 6) is -0.513. The molecular weight excluding hydrogens is 278 g/mol. The fraction of sp³-hybridized carbons (Fsp3) is 0.429. The van der Waals surface area contributed by atoms with E-state index >= 15 is 0 Å². The molecule has 1 unspecified atom stereocenters. The molecule has 1 aliphatic carbocycles. The van der Waals surface area contributed by atoms with E-state index in [0.717, 1.165) is 18.4 Å². The molecule has 1 fully saturated rings. The highest BCUT2D eigenvalue weighted by Crippen LogP contribution is 2.19. The summed E-state index contributed by atoms with van der Waals surface area (Å²) in [6, 6.07) is 4.96. The first-order chi connectivity index (χ1) is 9.47. The van der Waals surface area contributed by atoms with Crippen molar-refractivity contribution in [1.82, 2.24) is 10.6 Å². The molecule has 1 aromatic carbocycles. The third-order valence-corrected chi connectivity index (χ3v) is 3.61. The fourth-order valence-electron chi connectivity index (χ4n) is 1.75. The highest BCUT2D eigenvalue weighted by Gasteiger charge is 2.25. The molecule has 0 bridgehead atoms. The Labute approximate surface area is 122 Å². The average Bonchev–Trinajstić information content (AvgIpc) is 3.20. The van der Waals surface area contributed by atoms with Crippen LogP contribution in [0.4, 0.5) is 0 Å². The number of amides is 2. The Bertz CT molecular complexity index is 529. The molecule has 1 saturated carbocycles. The lowest BCUT2D eigenvalue weighted by molar-refractivity contribution is -0.122. The third kappa shape index (κ3) is 3.95. The summed E-state index contributed by atoms with van der Waals surface area (Å²) in [7, 11) is 0. The summed E-state index contributed by atoms with van der Waals surface area (Å²) in [4.78, 5) is 22.8. The van der Waals surface area contributed by atoms with Gasteiger partial charge < -0.3 is 16.4 Å². The van der Waals surface area contributed by atoms with Crippen LogP contribution in [0.25, 0.3) is 0 Å².